The van der Waals surface area contributed by atoms with E-state index in [1.807, 2.05) is 13.8 Å². The molecule has 0 radical (unpaired) electrons. The van der Waals surface area contributed by atoms with Crippen LogP contribution in [0, 0.1) is 21.4 Å². The van der Waals surface area contributed by atoms with Crippen molar-refractivity contribution in [3.63, 3.8) is 0 Å². The fourth-order valence-electron chi connectivity index (χ4n) is 4.67. The number of allylic oxidation sites excluding steroid dienone is 2. The summed E-state index contributed by atoms with van der Waals surface area (Å²) in [7, 11) is 0. The topological polar surface area (TPSA) is 117 Å². The molecule has 0 fully saturated rings. The van der Waals surface area contributed by atoms with E-state index in [0.717, 1.165) is 0 Å². The van der Waals surface area contributed by atoms with E-state index in [1.165, 1.54) is 12.1 Å². The predicted octanol–water partition coefficient (Wildman–Crippen LogP) is 3.70. The molecule has 1 aromatic carbocycles. The number of benzene rings is 1. The molecular formula is C22H24N2O7. The Morgan fingerprint density at radius 2 is 1.97 bits per heavy atom. The molecule has 164 valence electrons. The Morgan fingerprint density at radius 1 is 1.29 bits per heavy atom. The number of esters is 1. The minimum absolute atomic E-state index is 0.0521. The monoisotopic (exact) mass is 428 g/mol. The number of rotatable bonds is 4. The first kappa shape index (κ1) is 21.0. The third kappa shape index (κ3) is 3.58. The number of carbonyl (C=O) groups excluding carboxylic acids is 2. The van der Waals surface area contributed by atoms with Crippen LogP contribution < -0.4 is 9.47 Å². The van der Waals surface area contributed by atoms with Gasteiger partial charge in [-0.25, -0.2) is 0 Å². The van der Waals surface area contributed by atoms with Crippen molar-refractivity contribution in [2.24, 2.45) is 16.3 Å². The molecule has 4 rings (SSSR count). The summed E-state index contributed by atoms with van der Waals surface area (Å²) >= 11 is 0. The van der Waals surface area contributed by atoms with Crippen LogP contribution in [0.3, 0.4) is 0 Å². The van der Waals surface area contributed by atoms with E-state index in [0.29, 0.717) is 29.2 Å². The lowest BCUT2D eigenvalue weighted by molar-refractivity contribution is -0.385. The third-order valence-electron chi connectivity index (χ3n) is 5.90. The number of ketones is 1. The fraction of sp³-hybridized carbons (Fsp3) is 0.500. The summed E-state index contributed by atoms with van der Waals surface area (Å²) in [6, 6.07) is 2.80. The molecule has 1 aliphatic carbocycles. The van der Waals surface area contributed by atoms with Gasteiger partial charge < -0.3 is 14.2 Å². The lowest BCUT2D eigenvalue weighted by Crippen LogP contribution is -2.39. The van der Waals surface area contributed by atoms with Crippen LogP contribution in [0.1, 0.15) is 52.0 Å². The quantitative estimate of drug-likeness (QED) is 0.408. The first-order chi connectivity index (χ1) is 14.6. The normalized spacial score (nSPS) is 23.9. The second-order valence-corrected chi connectivity index (χ2v) is 8.78. The van der Waals surface area contributed by atoms with Crippen LogP contribution in [0.15, 0.2) is 28.4 Å². The summed E-state index contributed by atoms with van der Waals surface area (Å²) < 4.78 is 16.0. The van der Waals surface area contributed by atoms with Gasteiger partial charge in [-0.3, -0.25) is 24.7 Å². The smallest absolute Gasteiger partial charge is 0.315 e. The van der Waals surface area contributed by atoms with Gasteiger partial charge in [0, 0.05) is 34.9 Å². The molecule has 1 aromatic rings. The molecule has 1 unspecified atom stereocenters. The number of nitro groups is 1. The molecule has 9 nitrogen and oxygen atoms in total. The van der Waals surface area contributed by atoms with Gasteiger partial charge in [0.25, 0.3) is 5.69 Å². The maximum atomic E-state index is 13.3. The zero-order valence-electron chi connectivity index (χ0n) is 17.9. The number of ether oxygens (including phenoxy) is 3. The van der Waals surface area contributed by atoms with Crippen molar-refractivity contribution < 1.29 is 28.7 Å². The van der Waals surface area contributed by atoms with Crippen LogP contribution in [0.4, 0.5) is 5.69 Å². The Bertz CT molecular complexity index is 1050. The minimum Gasteiger partial charge on any atom is -0.465 e. The van der Waals surface area contributed by atoms with E-state index >= 15 is 0 Å². The molecule has 9 heteroatoms. The van der Waals surface area contributed by atoms with Gasteiger partial charge in [-0.2, -0.15) is 0 Å². The Hall–Kier alpha value is -3.23. The van der Waals surface area contributed by atoms with Gasteiger partial charge >= 0.3 is 5.97 Å². The molecule has 0 amide bonds. The minimum atomic E-state index is -0.942. The molecule has 0 bridgehead atoms. The van der Waals surface area contributed by atoms with Gasteiger partial charge in [-0.1, -0.05) is 13.8 Å². The van der Waals surface area contributed by atoms with Crippen molar-refractivity contribution in [1.29, 1.82) is 0 Å². The van der Waals surface area contributed by atoms with E-state index in [1.54, 1.807) is 13.8 Å². The molecule has 0 spiro atoms. The predicted molar refractivity (Wildman–Crippen MR) is 110 cm³/mol. The molecule has 2 atom stereocenters. The lowest BCUT2D eigenvalue weighted by Gasteiger charge is -2.38. The van der Waals surface area contributed by atoms with Crippen molar-refractivity contribution >= 4 is 23.2 Å². The first-order valence-electron chi connectivity index (χ1n) is 10.2. The highest BCUT2D eigenvalue weighted by atomic mass is 16.7. The summed E-state index contributed by atoms with van der Waals surface area (Å²) in [5.41, 5.74) is 1.10. The molecule has 2 heterocycles. The van der Waals surface area contributed by atoms with Crippen LogP contribution in [0.2, 0.25) is 0 Å². The number of hydrogen-bond acceptors (Lipinski definition) is 8. The van der Waals surface area contributed by atoms with Gasteiger partial charge in [0.1, 0.15) is 5.92 Å². The summed E-state index contributed by atoms with van der Waals surface area (Å²) in [5, 5.41) is 12.0. The first-order valence-corrected chi connectivity index (χ1v) is 10.2. The van der Waals surface area contributed by atoms with E-state index in [4.69, 9.17) is 14.2 Å². The van der Waals surface area contributed by atoms with Gasteiger partial charge in [0.05, 0.1) is 17.6 Å². The van der Waals surface area contributed by atoms with Crippen molar-refractivity contribution in [1.82, 2.24) is 0 Å². The fourth-order valence-corrected chi connectivity index (χ4v) is 4.67. The molecule has 0 aromatic heterocycles. The van der Waals surface area contributed by atoms with Gasteiger partial charge in [-0.15, -0.1) is 0 Å². The standard InChI is InChI=1S/C22H24N2O7/c1-5-29-21(26)18-11(2)23-13-8-22(3,4)9-15(25)20(13)19(18)12-6-16-17(31-10-30-16)7-14(12)24(27)28/h6-7,18-19H,5,8-10H2,1-4H3/t18?,19-/m0/s1. The van der Waals surface area contributed by atoms with Crippen LogP contribution in [0.5, 0.6) is 11.5 Å². The Labute approximate surface area is 179 Å². The van der Waals surface area contributed by atoms with Crippen molar-refractivity contribution in [3.05, 3.63) is 39.1 Å². The average Bonchev–Trinajstić information content (AvgIpc) is 3.12. The SMILES string of the molecule is CCOC(=O)C1C(C)=NC2=C(C(=O)CC(C)(C)C2)[C@H]1c1cc2c(cc1[N+](=O)[O-])OCO2. The summed E-state index contributed by atoms with van der Waals surface area (Å²) in [5.74, 6) is -1.95. The Balaban J connectivity index is 1.97. The second-order valence-electron chi connectivity index (χ2n) is 8.78. The number of hydrogen-bond donors (Lipinski definition) is 0. The summed E-state index contributed by atoms with van der Waals surface area (Å²) in [4.78, 5) is 42.3. The number of fused-ring (bicyclic) bond motifs is 1. The molecule has 0 saturated carbocycles. The molecule has 31 heavy (non-hydrogen) atoms. The number of carbonyl (C=O) groups is 2. The zero-order chi connectivity index (χ0) is 22.5. The highest BCUT2D eigenvalue weighted by Gasteiger charge is 2.48. The van der Waals surface area contributed by atoms with Crippen molar-refractivity contribution in [3.8, 4) is 11.5 Å². The largest absolute Gasteiger partial charge is 0.465 e. The van der Waals surface area contributed by atoms with Crippen molar-refractivity contribution in [2.45, 2.75) is 46.5 Å². The maximum absolute atomic E-state index is 13.3. The number of nitro benzene ring substituents is 1. The molecule has 0 N–H and O–H groups in total. The van der Waals surface area contributed by atoms with Crippen LogP contribution >= 0.6 is 0 Å². The number of nitrogens with zero attached hydrogens (tertiary/aromatic N) is 2. The van der Waals surface area contributed by atoms with Crippen LogP contribution in [-0.4, -0.2) is 35.8 Å². The van der Waals surface area contributed by atoms with E-state index in [9.17, 15) is 19.7 Å². The molecule has 0 saturated heterocycles. The van der Waals surface area contributed by atoms with Gasteiger partial charge in [0.15, 0.2) is 17.3 Å². The zero-order valence-corrected chi connectivity index (χ0v) is 17.9. The Kier molecular flexibility index (Phi) is 5.07. The molecule has 2 aliphatic heterocycles. The highest BCUT2D eigenvalue weighted by molar-refractivity contribution is 6.09. The van der Waals surface area contributed by atoms with E-state index < -0.39 is 22.7 Å². The van der Waals surface area contributed by atoms with E-state index in [2.05, 4.69) is 4.99 Å². The second kappa shape index (κ2) is 7.47. The van der Waals surface area contributed by atoms with Crippen LogP contribution in [-0.2, 0) is 14.3 Å². The maximum Gasteiger partial charge on any atom is 0.315 e. The van der Waals surface area contributed by atoms with Gasteiger partial charge in [0.2, 0.25) is 6.79 Å². The molecule has 3 aliphatic rings. The third-order valence-corrected chi connectivity index (χ3v) is 5.90. The van der Waals surface area contributed by atoms with Gasteiger partial charge in [-0.05, 0) is 31.7 Å². The molecular weight excluding hydrogens is 404 g/mol. The summed E-state index contributed by atoms with van der Waals surface area (Å²) in [6.07, 6.45) is 0.806. The lowest BCUT2D eigenvalue weighted by atomic mass is 9.66. The van der Waals surface area contributed by atoms with Crippen LogP contribution in [0.25, 0.3) is 0 Å². The number of Topliss-reactive ketones (excluding diaryl/α,β-unsaturated/α-hetero) is 1. The summed E-state index contributed by atoms with van der Waals surface area (Å²) in [6.45, 7) is 7.44. The van der Waals surface area contributed by atoms with Crippen molar-refractivity contribution in [2.75, 3.05) is 13.4 Å². The average molecular weight is 428 g/mol. The van der Waals surface area contributed by atoms with E-state index in [-0.39, 0.29) is 48.0 Å². The Morgan fingerprint density at radius 3 is 2.61 bits per heavy atom. The highest BCUT2D eigenvalue weighted by Crippen LogP contribution is 2.51. The number of aliphatic imine (C=N–C) groups is 1.